The van der Waals surface area contributed by atoms with Crippen LogP contribution in [0, 0.1) is 0 Å². The van der Waals surface area contributed by atoms with Gasteiger partial charge in [0.2, 0.25) is 0 Å². The monoisotopic (exact) mass is 1110 g/mol. The Labute approximate surface area is 490 Å². The molecular formula is C70H131NO8. The van der Waals surface area contributed by atoms with Crippen molar-refractivity contribution in [1.29, 1.82) is 0 Å². The van der Waals surface area contributed by atoms with E-state index < -0.39 is 24.3 Å². The predicted octanol–water partition coefficient (Wildman–Crippen LogP) is 19.5. The molecule has 0 rings (SSSR count). The van der Waals surface area contributed by atoms with Crippen LogP contribution in [0.3, 0.4) is 0 Å². The number of carbonyl (C=O) groups is 3. The lowest BCUT2D eigenvalue weighted by atomic mass is 10.0. The number of ether oxygens (including phenoxy) is 4. The van der Waals surface area contributed by atoms with Crippen LogP contribution in [-0.2, 0) is 33.3 Å². The molecule has 0 aromatic heterocycles. The van der Waals surface area contributed by atoms with Crippen LogP contribution in [0.25, 0.3) is 0 Å². The van der Waals surface area contributed by atoms with Crippen LogP contribution in [0.15, 0.2) is 36.5 Å². The van der Waals surface area contributed by atoms with Gasteiger partial charge in [-0.2, -0.15) is 0 Å². The highest BCUT2D eigenvalue weighted by Crippen LogP contribution is 2.19. The van der Waals surface area contributed by atoms with Crippen LogP contribution in [0.1, 0.15) is 335 Å². The second-order valence-corrected chi connectivity index (χ2v) is 24.4. The molecule has 0 saturated carbocycles. The minimum atomic E-state index is -1.62. The van der Waals surface area contributed by atoms with Crippen molar-refractivity contribution in [3.05, 3.63) is 36.5 Å². The zero-order valence-corrected chi connectivity index (χ0v) is 53.0. The molecule has 0 saturated heterocycles. The molecule has 0 aromatic rings. The fourth-order valence-corrected chi connectivity index (χ4v) is 10.2. The van der Waals surface area contributed by atoms with Crippen LogP contribution in [0.2, 0.25) is 0 Å². The SMILES string of the molecule is CC/C=C\C/C=C\C/C=C\CCCCCCCC(=O)OC(COC(=O)CCCCCCCCCCCCCCCCCCCCCCCCCCCCCCCCCCCCCCCCC)COC(OCC[N+](C)(C)C)C(=O)[O-]. The summed E-state index contributed by atoms with van der Waals surface area (Å²) in [5.41, 5.74) is 0. The lowest BCUT2D eigenvalue weighted by Crippen LogP contribution is -2.44. The van der Waals surface area contributed by atoms with Crippen molar-refractivity contribution in [1.82, 2.24) is 0 Å². The van der Waals surface area contributed by atoms with Crippen molar-refractivity contribution in [3.8, 4) is 0 Å². The molecule has 0 heterocycles. The molecule has 2 unspecified atom stereocenters. The standard InChI is InChI=1S/C70H131NO8/c1-6-8-10-12-14-16-18-20-22-23-24-25-26-27-28-29-30-31-32-33-34-35-36-37-38-39-40-41-42-43-44-45-47-48-50-52-54-56-58-60-67(72)77-64-66(65-78-70(69(74)75)76-63-62-71(3,4)5)79-68(73)61-59-57-55-53-51-49-46-21-19-17-15-13-11-9-7-2/h9,11,15,17,21,46,66,70H,6-8,10,12-14,16,18-20,22-45,47-65H2,1-5H3/b11-9-,17-15-,46-21-. The smallest absolute Gasteiger partial charge is 0.306 e. The first-order valence-corrected chi connectivity index (χ1v) is 34.1. The Balaban J connectivity index is 3.89. The largest absolute Gasteiger partial charge is 0.545 e. The van der Waals surface area contributed by atoms with Crippen molar-refractivity contribution in [3.63, 3.8) is 0 Å². The van der Waals surface area contributed by atoms with Crippen molar-refractivity contribution in [2.75, 3.05) is 47.5 Å². The van der Waals surface area contributed by atoms with Gasteiger partial charge in [0.1, 0.15) is 13.2 Å². The molecule has 2 atom stereocenters. The number of hydrogen-bond donors (Lipinski definition) is 0. The third-order valence-electron chi connectivity index (χ3n) is 15.4. The summed E-state index contributed by atoms with van der Waals surface area (Å²) < 4.78 is 22.7. The Morgan fingerprint density at radius 1 is 0.392 bits per heavy atom. The molecule has 0 aliphatic carbocycles. The number of aliphatic carboxylic acids is 1. The summed E-state index contributed by atoms with van der Waals surface area (Å²) in [6, 6.07) is 0. The van der Waals surface area contributed by atoms with Crippen molar-refractivity contribution >= 4 is 17.9 Å². The minimum Gasteiger partial charge on any atom is -0.545 e. The van der Waals surface area contributed by atoms with Crippen LogP contribution in [0.4, 0.5) is 0 Å². The van der Waals surface area contributed by atoms with Crippen molar-refractivity contribution < 1.29 is 42.9 Å². The maximum atomic E-state index is 12.8. The number of carboxylic acids is 1. The van der Waals surface area contributed by atoms with E-state index in [1.165, 1.54) is 231 Å². The van der Waals surface area contributed by atoms with Gasteiger partial charge in [0.05, 0.1) is 40.3 Å². The van der Waals surface area contributed by atoms with Crippen LogP contribution in [-0.4, -0.2) is 82.3 Å². The van der Waals surface area contributed by atoms with E-state index in [1.54, 1.807) is 0 Å². The fourth-order valence-electron chi connectivity index (χ4n) is 10.2. The molecular weight excluding hydrogens is 983 g/mol. The first-order chi connectivity index (χ1) is 38.6. The van der Waals surface area contributed by atoms with Crippen molar-refractivity contribution in [2.45, 2.75) is 347 Å². The number of quaternary nitrogens is 1. The lowest BCUT2D eigenvalue weighted by molar-refractivity contribution is -0.870. The zero-order valence-electron chi connectivity index (χ0n) is 53.0. The zero-order chi connectivity index (χ0) is 57.6. The highest BCUT2D eigenvalue weighted by molar-refractivity contribution is 5.70. The normalized spacial score (nSPS) is 12.9. The molecule has 79 heavy (non-hydrogen) atoms. The Hall–Kier alpha value is -2.49. The first-order valence-electron chi connectivity index (χ1n) is 34.1. The van der Waals surface area contributed by atoms with E-state index in [2.05, 4.69) is 50.3 Å². The van der Waals surface area contributed by atoms with E-state index in [-0.39, 0.29) is 32.2 Å². The number of nitrogens with zero attached hydrogens (tertiary/aromatic N) is 1. The van der Waals surface area contributed by atoms with Gasteiger partial charge in [-0.3, -0.25) is 9.59 Å². The second kappa shape index (κ2) is 61.6. The first kappa shape index (κ1) is 76.5. The molecule has 0 radical (unpaired) electrons. The molecule has 0 aliphatic rings. The second-order valence-electron chi connectivity index (χ2n) is 24.4. The molecule has 0 spiro atoms. The number of carboxylic acid groups (broad SMARTS) is 1. The number of allylic oxidation sites excluding steroid dienone is 6. The number of likely N-dealkylation sites (N-methyl/N-ethyl adjacent to an activating group) is 1. The van der Waals surface area contributed by atoms with Gasteiger partial charge in [0, 0.05) is 12.8 Å². The molecule has 0 amide bonds. The van der Waals surface area contributed by atoms with Crippen LogP contribution < -0.4 is 5.11 Å². The maximum absolute atomic E-state index is 12.8. The van der Waals surface area contributed by atoms with Gasteiger partial charge in [-0.1, -0.05) is 314 Å². The van der Waals surface area contributed by atoms with Gasteiger partial charge in [-0.05, 0) is 44.9 Å². The summed E-state index contributed by atoms with van der Waals surface area (Å²) >= 11 is 0. The third-order valence-corrected chi connectivity index (χ3v) is 15.4. The Bertz CT molecular complexity index is 1390. The summed E-state index contributed by atoms with van der Waals surface area (Å²) in [6.45, 7) is 4.66. The quantitative estimate of drug-likeness (QED) is 0.0195. The molecule has 0 N–H and O–H groups in total. The molecule has 0 aromatic carbocycles. The van der Waals surface area contributed by atoms with Gasteiger partial charge < -0.3 is 33.3 Å². The minimum absolute atomic E-state index is 0.145. The molecule has 9 nitrogen and oxygen atoms in total. The van der Waals surface area contributed by atoms with Gasteiger partial charge in [-0.25, -0.2) is 0 Å². The summed E-state index contributed by atoms with van der Waals surface area (Å²) in [6.07, 6.45) is 74.1. The average Bonchev–Trinajstić information content (AvgIpc) is 3.42. The number of unbranched alkanes of at least 4 members (excludes halogenated alkanes) is 43. The molecule has 464 valence electrons. The molecule has 0 aliphatic heterocycles. The average molecular weight is 1110 g/mol. The van der Waals surface area contributed by atoms with E-state index in [9.17, 15) is 19.5 Å². The predicted molar refractivity (Wildman–Crippen MR) is 334 cm³/mol. The fraction of sp³-hybridized carbons (Fsp3) is 0.871. The summed E-state index contributed by atoms with van der Waals surface area (Å²) in [7, 11) is 5.92. The Kier molecular flexibility index (Phi) is 59.6. The number of rotatable bonds is 64. The van der Waals surface area contributed by atoms with E-state index in [1.807, 2.05) is 21.1 Å². The summed E-state index contributed by atoms with van der Waals surface area (Å²) in [4.78, 5) is 37.3. The maximum Gasteiger partial charge on any atom is 0.306 e. The van der Waals surface area contributed by atoms with Gasteiger partial charge >= 0.3 is 11.9 Å². The number of carbonyl (C=O) groups excluding carboxylic acids is 3. The topological polar surface area (TPSA) is 111 Å². The van der Waals surface area contributed by atoms with E-state index in [4.69, 9.17) is 18.9 Å². The summed E-state index contributed by atoms with van der Waals surface area (Å²) in [5.74, 6) is -2.29. The Morgan fingerprint density at radius 2 is 0.722 bits per heavy atom. The van der Waals surface area contributed by atoms with Crippen molar-refractivity contribution in [2.24, 2.45) is 0 Å². The number of esters is 2. The summed E-state index contributed by atoms with van der Waals surface area (Å²) in [5, 5.41) is 11.8. The Morgan fingerprint density at radius 3 is 1.08 bits per heavy atom. The molecule has 0 fully saturated rings. The molecule has 9 heteroatoms. The lowest BCUT2D eigenvalue weighted by Gasteiger charge is -2.26. The highest BCUT2D eigenvalue weighted by Gasteiger charge is 2.22. The van der Waals surface area contributed by atoms with Gasteiger partial charge in [-0.15, -0.1) is 0 Å². The van der Waals surface area contributed by atoms with E-state index in [0.29, 0.717) is 23.9 Å². The van der Waals surface area contributed by atoms with Gasteiger partial charge in [0.25, 0.3) is 0 Å². The van der Waals surface area contributed by atoms with Gasteiger partial charge in [0.15, 0.2) is 12.4 Å². The van der Waals surface area contributed by atoms with Crippen LogP contribution in [0.5, 0.6) is 0 Å². The van der Waals surface area contributed by atoms with E-state index >= 15 is 0 Å². The van der Waals surface area contributed by atoms with Crippen LogP contribution >= 0.6 is 0 Å². The highest BCUT2D eigenvalue weighted by atomic mass is 16.7. The van der Waals surface area contributed by atoms with E-state index in [0.717, 1.165) is 70.6 Å². The number of hydrogen-bond acceptors (Lipinski definition) is 8. The molecule has 0 bridgehead atoms. The third kappa shape index (κ3) is 63.0.